The molecule has 0 amide bonds. The van der Waals surface area contributed by atoms with Crippen LogP contribution in [-0.2, 0) is 0 Å². The van der Waals surface area contributed by atoms with Gasteiger partial charge in [0, 0.05) is 0 Å². The Morgan fingerprint density at radius 1 is 0.400 bits per heavy atom. The molecule has 132 valence electrons. The molecule has 0 atom stereocenters. The quantitative estimate of drug-likeness (QED) is 0.383. The van der Waals surface area contributed by atoms with Crippen LogP contribution < -0.4 is 0 Å². The maximum atomic E-state index is 9.65. The Labute approximate surface area is 165 Å². The minimum absolute atomic E-state index is 0.00608. The first-order valence-electron chi connectivity index (χ1n) is 7.78. The van der Waals surface area contributed by atoms with Gasteiger partial charge in [0.25, 0.3) is 0 Å². The number of benzene rings is 1. The highest BCUT2D eigenvalue weighted by atomic mass is 15.1. The molecule has 12 nitrogen and oxygen atoms in total. The van der Waals surface area contributed by atoms with Crippen molar-refractivity contribution in [2.45, 2.75) is 0 Å². The molecule has 0 radical (unpaired) electrons. The van der Waals surface area contributed by atoms with Gasteiger partial charge in [-0.1, -0.05) is 0 Å². The zero-order chi connectivity index (χ0) is 21.4. The van der Waals surface area contributed by atoms with Crippen molar-refractivity contribution >= 4 is 32.8 Å². The maximum Gasteiger partial charge on any atom is 0.181 e. The summed E-state index contributed by atoms with van der Waals surface area (Å²) < 4.78 is 0. The minimum Gasteiger partial charge on any atom is -0.232 e. The van der Waals surface area contributed by atoms with Crippen LogP contribution in [0.3, 0.4) is 0 Å². The Balaban J connectivity index is 2.51. The maximum absolute atomic E-state index is 9.65. The molecule has 0 saturated carbocycles. The highest BCUT2D eigenvalue weighted by Gasteiger charge is 2.25. The summed E-state index contributed by atoms with van der Waals surface area (Å²) in [5, 5.41) is 71.8. The molecular formula is C18N12. The number of fused-ring (bicyclic) bond motifs is 6. The van der Waals surface area contributed by atoms with E-state index in [1.54, 1.807) is 24.3 Å². The van der Waals surface area contributed by atoms with Gasteiger partial charge in [-0.2, -0.15) is 31.6 Å². The topological polar surface area (TPSA) is 220 Å². The van der Waals surface area contributed by atoms with Crippen molar-refractivity contribution < 1.29 is 0 Å². The zero-order valence-corrected chi connectivity index (χ0v) is 14.4. The summed E-state index contributed by atoms with van der Waals surface area (Å²) >= 11 is 0. The van der Waals surface area contributed by atoms with Gasteiger partial charge >= 0.3 is 0 Å². The average molecular weight is 384 g/mol. The molecule has 0 aliphatic carbocycles. The van der Waals surface area contributed by atoms with Crippen LogP contribution in [0.2, 0.25) is 0 Å². The summed E-state index contributed by atoms with van der Waals surface area (Å²) in [6, 6.07) is 10.7. The van der Waals surface area contributed by atoms with E-state index in [4.69, 9.17) is 0 Å². The Bertz CT molecular complexity index is 1690. The Hall–Kier alpha value is -5.82. The van der Waals surface area contributed by atoms with E-state index >= 15 is 0 Å². The van der Waals surface area contributed by atoms with Crippen molar-refractivity contribution in [1.82, 2.24) is 30.4 Å². The molecule has 3 heterocycles. The van der Waals surface area contributed by atoms with Crippen LogP contribution in [0.25, 0.3) is 32.8 Å². The van der Waals surface area contributed by atoms with Crippen molar-refractivity contribution in [3.05, 3.63) is 33.9 Å². The van der Waals surface area contributed by atoms with Crippen molar-refractivity contribution in [2.75, 3.05) is 0 Å². The first kappa shape index (κ1) is 17.6. The van der Waals surface area contributed by atoms with E-state index in [-0.39, 0.29) is 66.7 Å². The largest absolute Gasteiger partial charge is 0.232 e. The molecule has 0 saturated heterocycles. The lowest BCUT2D eigenvalue weighted by Gasteiger charge is -2.10. The van der Waals surface area contributed by atoms with E-state index in [0.29, 0.717) is 0 Å². The van der Waals surface area contributed by atoms with Crippen molar-refractivity contribution in [1.29, 1.82) is 31.6 Å². The van der Waals surface area contributed by atoms with Crippen LogP contribution in [0, 0.1) is 68.0 Å². The molecule has 3 aromatic heterocycles. The van der Waals surface area contributed by atoms with Crippen LogP contribution in [0.5, 0.6) is 0 Å². The Morgan fingerprint density at radius 2 is 0.833 bits per heavy atom. The molecule has 12 heteroatoms. The van der Waals surface area contributed by atoms with Gasteiger partial charge in [-0.05, 0) is 0 Å². The third-order valence-corrected chi connectivity index (χ3v) is 4.19. The first-order valence-corrected chi connectivity index (χ1v) is 7.78. The second kappa shape index (κ2) is 6.41. The summed E-state index contributed by atoms with van der Waals surface area (Å²) in [4.78, 5) is 8.26. The third kappa shape index (κ3) is 2.14. The highest BCUT2D eigenvalue weighted by Crippen LogP contribution is 2.35. The second-order valence-electron chi connectivity index (χ2n) is 5.58. The standard InChI is InChI=1S/C18N12/c19-1-7-9(3-21)27-29-15-13(7)16-18(26-12(6-24)11(5-23)25-16)17-14(15)8(2-20)10(4-22)28-30-17. The molecule has 1 aromatic carbocycles. The van der Waals surface area contributed by atoms with Crippen molar-refractivity contribution in [3.8, 4) is 36.4 Å². The molecule has 0 bridgehead atoms. The number of hydrogen-bond acceptors (Lipinski definition) is 12. The second-order valence-corrected chi connectivity index (χ2v) is 5.58. The van der Waals surface area contributed by atoms with E-state index in [9.17, 15) is 31.6 Å². The third-order valence-electron chi connectivity index (χ3n) is 4.19. The Morgan fingerprint density at radius 3 is 1.30 bits per heavy atom. The number of nitrogens with zero attached hydrogens (tertiary/aromatic N) is 12. The van der Waals surface area contributed by atoms with Gasteiger partial charge in [-0.25, -0.2) is 9.97 Å². The summed E-state index contributed by atoms with van der Waals surface area (Å²) in [5.74, 6) is 0. The van der Waals surface area contributed by atoms with Gasteiger partial charge in [0.2, 0.25) is 0 Å². The number of hydrogen-bond donors (Lipinski definition) is 0. The fourth-order valence-electron chi connectivity index (χ4n) is 2.98. The zero-order valence-electron chi connectivity index (χ0n) is 14.4. The lowest BCUT2D eigenvalue weighted by Crippen LogP contribution is -2.05. The summed E-state index contributed by atoms with van der Waals surface area (Å²) in [6.45, 7) is 0. The van der Waals surface area contributed by atoms with Crippen molar-refractivity contribution in [2.24, 2.45) is 0 Å². The lowest BCUT2D eigenvalue weighted by atomic mass is 9.99. The molecule has 0 aliphatic heterocycles. The van der Waals surface area contributed by atoms with Gasteiger partial charge in [0.15, 0.2) is 22.8 Å². The predicted molar refractivity (Wildman–Crippen MR) is 94.0 cm³/mol. The van der Waals surface area contributed by atoms with E-state index in [1.807, 2.05) is 12.1 Å². The number of aromatic nitrogens is 6. The number of rotatable bonds is 0. The first-order chi connectivity index (χ1) is 14.6. The van der Waals surface area contributed by atoms with Crippen LogP contribution in [0.15, 0.2) is 0 Å². The van der Waals surface area contributed by atoms with E-state index in [0.717, 1.165) is 0 Å². The van der Waals surface area contributed by atoms with Gasteiger partial charge in [-0.3, -0.25) is 0 Å². The van der Waals surface area contributed by atoms with Gasteiger partial charge in [-0.15, -0.1) is 20.4 Å². The summed E-state index contributed by atoms with van der Waals surface area (Å²) in [7, 11) is 0. The molecule has 0 aliphatic rings. The average Bonchev–Trinajstić information content (AvgIpc) is 2.80. The lowest BCUT2D eigenvalue weighted by molar-refractivity contribution is 1.03. The molecule has 0 N–H and O–H groups in total. The van der Waals surface area contributed by atoms with Gasteiger partial charge in [0.1, 0.15) is 69.6 Å². The fraction of sp³-hybridized carbons (Fsp3) is 0. The molecular weight excluding hydrogens is 384 g/mol. The predicted octanol–water partition coefficient (Wildman–Crippen LogP) is 0.746. The van der Waals surface area contributed by atoms with E-state index in [2.05, 4.69) is 30.4 Å². The van der Waals surface area contributed by atoms with Crippen LogP contribution >= 0.6 is 0 Å². The minimum atomic E-state index is -0.313. The highest BCUT2D eigenvalue weighted by molar-refractivity contribution is 6.23. The monoisotopic (exact) mass is 384 g/mol. The molecule has 0 spiro atoms. The van der Waals surface area contributed by atoms with Crippen molar-refractivity contribution in [3.63, 3.8) is 0 Å². The molecule has 4 aromatic rings. The van der Waals surface area contributed by atoms with E-state index in [1.165, 1.54) is 0 Å². The van der Waals surface area contributed by atoms with Crippen LogP contribution in [0.1, 0.15) is 33.9 Å². The van der Waals surface area contributed by atoms with Crippen LogP contribution in [-0.4, -0.2) is 30.4 Å². The normalized spacial score (nSPS) is 9.80. The molecule has 0 unspecified atom stereocenters. The molecule has 30 heavy (non-hydrogen) atoms. The number of nitriles is 6. The SMILES string of the molecule is N#Cc1nc2c3nnc(C#N)c(C#N)c3c3nnc(C#N)c(C#N)c3c2nc1C#N. The summed E-state index contributed by atoms with van der Waals surface area (Å²) in [5.41, 5.74) is -1.78. The van der Waals surface area contributed by atoms with Crippen LogP contribution in [0.4, 0.5) is 0 Å². The smallest absolute Gasteiger partial charge is 0.181 e. The van der Waals surface area contributed by atoms with E-state index < -0.39 is 0 Å². The fourth-order valence-corrected chi connectivity index (χ4v) is 2.98. The molecule has 0 fully saturated rings. The Kier molecular flexibility index (Phi) is 3.76. The van der Waals surface area contributed by atoms with Gasteiger partial charge < -0.3 is 0 Å². The van der Waals surface area contributed by atoms with Gasteiger partial charge in [0.05, 0.1) is 10.8 Å². The summed E-state index contributed by atoms with van der Waals surface area (Å²) in [6.07, 6.45) is 0. The molecule has 4 rings (SSSR count).